The van der Waals surface area contributed by atoms with Gasteiger partial charge in [-0.1, -0.05) is 38.3 Å². The van der Waals surface area contributed by atoms with Crippen LogP contribution in [0.15, 0.2) is 11.1 Å². The van der Waals surface area contributed by atoms with Crippen molar-refractivity contribution in [3.63, 3.8) is 0 Å². The quantitative estimate of drug-likeness (QED) is 0.226. The molecular weight excluding hydrogens is 436 g/mol. The number of alkyl halides is 8. The normalized spacial score (nSPS) is 27.2. The van der Waals surface area contributed by atoms with E-state index in [0.29, 0.717) is 6.42 Å². The molecule has 2 fully saturated rings. The van der Waals surface area contributed by atoms with Gasteiger partial charge in [0.25, 0.3) is 0 Å². The van der Waals surface area contributed by atoms with Crippen molar-refractivity contribution >= 4 is 5.97 Å². The van der Waals surface area contributed by atoms with Gasteiger partial charge in [-0.3, -0.25) is 4.79 Å². The molecular formula is C21H28F8O2. The van der Waals surface area contributed by atoms with Gasteiger partial charge < -0.3 is 4.74 Å². The second-order valence-electron chi connectivity index (χ2n) is 9.52. The number of hydrogen-bond donors (Lipinski definition) is 0. The first-order chi connectivity index (χ1) is 13.9. The molecule has 0 aromatic carbocycles. The molecule has 4 atom stereocenters. The highest BCUT2D eigenvalue weighted by Gasteiger charge is 2.75. The van der Waals surface area contributed by atoms with Crippen LogP contribution in [0.4, 0.5) is 35.1 Å². The summed E-state index contributed by atoms with van der Waals surface area (Å²) in [6.07, 6.45) is -3.33. The van der Waals surface area contributed by atoms with Gasteiger partial charge in [0.2, 0.25) is 0 Å². The summed E-state index contributed by atoms with van der Waals surface area (Å²) in [5.74, 6) is -20.6. The summed E-state index contributed by atoms with van der Waals surface area (Å²) >= 11 is 0. The van der Waals surface area contributed by atoms with Crippen LogP contribution in [0.5, 0.6) is 0 Å². The number of ether oxygens (including phenoxy) is 1. The van der Waals surface area contributed by atoms with Gasteiger partial charge in [0.05, 0.1) is 5.92 Å². The molecule has 2 rings (SSSR count). The Morgan fingerprint density at radius 3 is 2.06 bits per heavy atom. The zero-order valence-corrected chi connectivity index (χ0v) is 18.1. The Balaban J connectivity index is 2.18. The number of halogens is 8. The van der Waals surface area contributed by atoms with Crippen LogP contribution in [-0.4, -0.2) is 36.8 Å². The standard InChI is InChI=1S/C21H28F8O2/c1-6-18(4,5)15-12-7-11(14(15)10(2)3)8-13(12)16(30)31-9-19(24,25)21(28,29)20(26,27)17(22)23/h11-13,15,17H,6-9H2,1-5H3. The van der Waals surface area contributed by atoms with E-state index in [1.54, 1.807) is 0 Å². The second kappa shape index (κ2) is 8.21. The maximum Gasteiger partial charge on any atom is 0.381 e. The Labute approximate surface area is 176 Å². The molecule has 2 bridgehead atoms. The molecule has 180 valence electrons. The Bertz CT molecular complexity index is 725. The lowest BCUT2D eigenvalue weighted by Gasteiger charge is -2.41. The zero-order chi connectivity index (χ0) is 24.2. The number of carbonyl (C=O) groups is 1. The summed E-state index contributed by atoms with van der Waals surface area (Å²) in [4.78, 5) is 12.5. The summed E-state index contributed by atoms with van der Waals surface area (Å²) in [6, 6.07) is 0. The number of allylic oxidation sites excluding steroid dienone is 2. The van der Waals surface area contributed by atoms with Gasteiger partial charge in [-0.25, -0.2) is 8.78 Å². The molecule has 0 aliphatic heterocycles. The average Bonchev–Trinajstić information content (AvgIpc) is 3.24. The van der Waals surface area contributed by atoms with Crippen molar-refractivity contribution in [2.45, 2.75) is 78.1 Å². The van der Waals surface area contributed by atoms with E-state index in [-0.39, 0.29) is 29.6 Å². The lowest BCUT2D eigenvalue weighted by molar-refractivity contribution is -0.344. The predicted octanol–water partition coefficient (Wildman–Crippen LogP) is 6.75. The Kier molecular flexibility index (Phi) is 6.86. The number of carbonyl (C=O) groups excluding carboxylic acids is 1. The maximum absolute atomic E-state index is 13.7. The van der Waals surface area contributed by atoms with E-state index >= 15 is 0 Å². The molecule has 2 aliphatic carbocycles. The first-order valence-corrected chi connectivity index (χ1v) is 10.2. The third-order valence-corrected chi connectivity index (χ3v) is 7.00. The highest BCUT2D eigenvalue weighted by Crippen LogP contribution is 2.62. The monoisotopic (exact) mass is 464 g/mol. The fraction of sp³-hybridized carbons (Fsp3) is 0.857. The van der Waals surface area contributed by atoms with Crippen molar-refractivity contribution in [2.24, 2.45) is 29.1 Å². The summed E-state index contributed by atoms with van der Waals surface area (Å²) in [6.45, 7) is 7.53. The number of esters is 1. The largest absolute Gasteiger partial charge is 0.459 e. The Morgan fingerprint density at radius 2 is 1.61 bits per heavy atom. The van der Waals surface area contributed by atoms with Crippen LogP contribution in [0.25, 0.3) is 0 Å². The fourth-order valence-corrected chi connectivity index (χ4v) is 5.13. The predicted molar refractivity (Wildman–Crippen MR) is 97.4 cm³/mol. The van der Waals surface area contributed by atoms with E-state index in [1.165, 1.54) is 5.57 Å². The van der Waals surface area contributed by atoms with Crippen molar-refractivity contribution in [3.05, 3.63) is 11.1 Å². The highest BCUT2D eigenvalue weighted by atomic mass is 19.4. The number of rotatable bonds is 8. The molecule has 0 N–H and O–H groups in total. The maximum atomic E-state index is 13.7. The fourth-order valence-electron chi connectivity index (χ4n) is 5.13. The molecule has 0 amide bonds. The van der Waals surface area contributed by atoms with Crippen LogP contribution < -0.4 is 0 Å². The number of hydrogen-bond acceptors (Lipinski definition) is 2. The van der Waals surface area contributed by atoms with E-state index in [9.17, 15) is 39.9 Å². The van der Waals surface area contributed by atoms with E-state index in [2.05, 4.69) is 4.74 Å². The van der Waals surface area contributed by atoms with Crippen LogP contribution in [0.3, 0.4) is 0 Å². The molecule has 0 saturated heterocycles. The van der Waals surface area contributed by atoms with E-state index in [0.717, 1.165) is 12.0 Å². The molecule has 0 aromatic heterocycles. The van der Waals surface area contributed by atoms with Crippen LogP contribution in [0, 0.1) is 29.1 Å². The van der Waals surface area contributed by atoms with Gasteiger partial charge in [-0.2, -0.15) is 26.3 Å². The van der Waals surface area contributed by atoms with E-state index < -0.39 is 42.7 Å². The highest BCUT2D eigenvalue weighted by molar-refractivity contribution is 5.74. The summed E-state index contributed by atoms with van der Waals surface area (Å²) < 4.78 is 109. The molecule has 31 heavy (non-hydrogen) atoms. The molecule has 2 nitrogen and oxygen atoms in total. The van der Waals surface area contributed by atoms with Gasteiger partial charge in [0.1, 0.15) is 0 Å². The first kappa shape index (κ1) is 25.9. The van der Waals surface area contributed by atoms with Crippen molar-refractivity contribution in [3.8, 4) is 0 Å². The van der Waals surface area contributed by atoms with Crippen LogP contribution in [-0.2, 0) is 9.53 Å². The van der Waals surface area contributed by atoms with Crippen LogP contribution >= 0.6 is 0 Å². The SMILES string of the molecule is CCC(C)(C)C1C(=C(C)C)C2CC(C(=O)OCC(F)(F)C(F)(F)C(F)(F)C(F)F)C1C2. The van der Waals surface area contributed by atoms with Crippen molar-refractivity contribution in [1.29, 1.82) is 0 Å². The molecule has 0 spiro atoms. The molecule has 0 radical (unpaired) electrons. The van der Waals surface area contributed by atoms with Crippen molar-refractivity contribution < 1.29 is 44.7 Å². The third kappa shape index (κ3) is 4.19. The van der Waals surface area contributed by atoms with Gasteiger partial charge in [0.15, 0.2) is 6.61 Å². The average molecular weight is 464 g/mol. The van der Waals surface area contributed by atoms with Crippen molar-refractivity contribution in [1.82, 2.24) is 0 Å². The Morgan fingerprint density at radius 1 is 1.06 bits per heavy atom. The van der Waals surface area contributed by atoms with Gasteiger partial charge in [-0.05, 0) is 49.9 Å². The minimum Gasteiger partial charge on any atom is -0.459 e. The minimum absolute atomic E-state index is 0.0218. The summed E-state index contributed by atoms with van der Waals surface area (Å²) in [7, 11) is 0. The van der Waals surface area contributed by atoms with Gasteiger partial charge in [0, 0.05) is 0 Å². The lowest BCUT2D eigenvalue weighted by atomic mass is 9.63. The minimum atomic E-state index is -6.38. The molecule has 10 heteroatoms. The number of fused-ring (bicyclic) bond motifs is 2. The first-order valence-electron chi connectivity index (χ1n) is 10.2. The van der Waals surface area contributed by atoms with Crippen molar-refractivity contribution in [2.75, 3.05) is 6.61 Å². The van der Waals surface area contributed by atoms with Gasteiger partial charge >= 0.3 is 30.2 Å². The smallest absolute Gasteiger partial charge is 0.381 e. The second-order valence-corrected chi connectivity index (χ2v) is 9.52. The third-order valence-electron chi connectivity index (χ3n) is 7.00. The molecule has 0 heterocycles. The Hall–Kier alpha value is -1.35. The zero-order valence-electron chi connectivity index (χ0n) is 18.1. The topological polar surface area (TPSA) is 26.3 Å². The summed E-state index contributed by atoms with van der Waals surface area (Å²) in [5.41, 5.74) is 2.09. The molecule has 4 unspecified atom stereocenters. The molecule has 2 saturated carbocycles. The van der Waals surface area contributed by atoms with E-state index in [1.807, 2.05) is 34.6 Å². The summed E-state index contributed by atoms with van der Waals surface area (Å²) in [5, 5.41) is 0. The lowest BCUT2D eigenvalue weighted by Crippen LogP contribution is -2.59. The van der Waals surface area contributed by atoms with Crippen LogP contribution in [0.2, 0.25) is 0 Å². The molecule has 0 aromatic rings. The van der Waals surface area contributed by atoms with Crippen LogP contribution in [0.1, 0.15) is 53.9 Å². The molecule has 2 aliphatic rings. The van der Waals surface area contributed by atoms with Gasteiger partial charge in [-0.15, -0.1) is 0 Å². The van der Waals surface area contributed by atoms with E-state index in [4.69, 9.17) is 0 Å².